The molecule has 1 aliphatic rings. The van der Waals surface area contributed by atoms with Gasteiger partial charge in [-0.2, -0.15) is 10.2 Å². The maximum Gasteiger partial charge on any atom is 0.316 e. The molecule has 9 heteroatoms. The Morgan fingerprint density at radius 2 is 2.33 bits per heavy atom. The van der Waals surface area contributed by atoms with Crippen molar-refractivity contribution < 1.29 is 9.66 Å². The normalized spacial score (nSPS) is 18.1. The third-order valence-corrected chi connectivity index (χ3v) is 4.23. The van der Waals surface area contributed by atoms with Gasteiger partial charge in [0.2, 0.25) is 0 Å². The minimum atomic E-state index is -0.441. The predicted molar refractivity (Wildman–Crippen MR) is 85.3 cm³/mol. The Morgan fingerprint density at radius 3 is 3.08 bits per heavy atom. The highest BCUT2D eigenvalue weighted by Gasteiger charge is 2.26. The number of nitrogens with zero attached hydrogens (tertiary/aromatic N) is 5. The monoisotopic (exact) mass is 328 g/mol. The van der Waals surface area contributed by atoms with Crippen LogP contribution in [0.1, 0.15) is 31.2 Å². The Labute approximate surface area is 136 Å². The third-order valence-electron chi connectivity index (χ3n) is 4.23. The van der Waals surface area contributed by atoms with Crippen molar-refractivity contribution in [1.29, 1.82) is 0 Å². The molecule has 1 atom stereocenters. The van der Waals surface area contributed by atoms with Crippen LogP contribution in [0.2, 0.25) is 0 Å². The molecule has 24 heavy (non-hydrogen) atoms. The summed E-state index contributed by atoms with van der Waals surface area (Å²) in [5, 5.41) is 23.8. The van der Waals surface area contributed by atoms with Gasteiger partial charge < -0.3 is 4.74 Å². The van der Waals surface area contributed by atoms with Crippen LogP contribution in [0.4, 0.5) is 5.69 Å². The van der Waals surface area contributed by atoms with Crippen molar-refractivity contribution in [2.75, 3.05) is 6.61 Å². The predicted octanol–water partition coefficient (Wildman–Crippen LogP) is 2.74. The van der Waals surface area contributed by atoms with E-state index in [1.165, 1.54) is 10.9 Å². The van der Waals surface area contributed by atoms with Crippen molar-refractivity contribution in [1.82, 2.24) is 25.0 Å². The summed E-state index contributed by atoms with van der Waals surface area (Å²) in [6.45, 7) is 2.54. The van der Waals surface area contributed by atoms with E-state index >= 15 is 0 Å². The quantitative estimate of drug-likeness (QED) is 0.584. The summed E-state index contributed by atoms with van der Waals surface area (Å²) in [5.41, 5.74) is 2.19. The summed E-state index contributed by atoms with van der Waals surface area (Å²) in [7, 11) is 0. The topological polar surface area (TPSA) is 112 Å². The largest absolute Gasteiger partial charge is 0.357 e. The molecule has 1 N–H and O–H groups in total. The fraction of sp³-hybridized carbons (Fsp3) is 0.400. The van der Waals surface area contributed by atoms with Crippen LogP contribution in [-0.2, 0) is 4.74 Å². The van der Waals surface area contributed by atoms with Crippen molar-refractivity contribution >= 4 is 16.6 Å². The van der Waals surface area contributed by atoms with Gasteiger partial charge in [-0.3, -0.25) is 20.2 Å². The first kappa shape index (κ1) is 14.8. The molecular formula is C15H16N6O3. The van der Waals surface area contributed by atoms with Gasteiger partial charge in [-0.05, 0) is 32.3 Å². The zero-order valence-electron chi connectivity index (χ0n) is 13.1. The van der Waals surface area contributed by atoms with Gasteiger partial charge in [0.1, 0.15) is 12.4 Å². The van der Waals surface area contributed by atoms with E-state index in [1.807, 2.05) is 6.92 Å². The second-order valence-corrected chi connectivity index (χ2v) is 5.86. The Hall–Kier alpha value is -2.81. The van der Waals surface area contributed by atoms with Gasteiger partial charge >= 0.3 is 5.69 Å². The minimum Gasteiger partial charge on any atom is -0.357 e. The molecule has 4 heterocycles. The molecule has 0 aromatic carbocycles. The number of aryl methyl sites for hydroxylation is 1. The summed E-state index contributed by atoms with van der Waals surface area (Å²) in [5.74, 6) is 0. The zero-order chi connectivity index (χ0) is 16.7. The van der Waals surface area contributed by atoms with E-state index in [-0.39, 0.29) is 17.6 Å². The van der Waals surface area contributed by atoms with Crippen LogP contribution in [0.25, 0.3) is 22.3 Å². The Balaban J connectivity index is 1.79. The Morgan fingerprint density at radius 1 is 1.46 bits per heavy atom. The van der Waals surface area contributed by atoms with E-state index in [0.29, 0.717) is 17.8 Å². The maximum absolute atomic E-state index is 11.4. The van der Waals surface area contributed by atoms with E-state index in [2.05, 4.69) is 20.3 Å². The number of hydrogen-bond donors (Lipinski definition) is 1. The number of rotatable bonds is 3. The molecule has 1 aliphatic heterocycles. The highest BCUT2D eigenvalue weighted by molar-refractivity contribution is 5.84. The lowest BCUT2D eigenvalue weighted by Gasteiger charge is -2.22. The second-order valence-electron chi connectivity index (χ2n) is 5.86. The van der Waals surface area contributed by atoms with Crippen LogP contribution in [-0.4, -0.2) is 36.5 Å². The Kier molecular flexibility index (Phi) is 3.49. The first-order valence-electron chi connectivity index (χ1n) is 7.80. The smallest absolute Gasteiger partial charge is 0.316 e. The number of H-pyrrole nitrogens is 1. The van der Waals surface area contributed by atoms with Gasteiger partial charge in [-0.15, -0.1) is 0 Å². The molecule has 124 valence electrons. The molecule has 3 aromatic rings. The molecule has 1 unspecified atom stereocenters. The molecule has 1 fully saturated rings. The van der Waals surface area contributed by atoms with Crippen LogP contribution in [0.15, 0.2) is 18.5 Å². The summed E-state index contributed by atoms with van der Waals surface area (Å²) < 4.78 is 7.20. The van der Waals surface area contributed by atoms with Crippen molar-refractivity contribution in [3.63, 3.8) is 0 Å². The summed E-state index contributed by atoms with van der Waals surface area (Å²) in [4.78, 5) is 15.3. The number of nitrogens with one attached hydrogen (secondary N) is 1. The number of ether oxygens (including phenoxy) is 1. The van der Waals surface area contributed by atoms with Crippen LogP contribution in [0.3, 0.4) is 0 Å². The molecule has 0 radical (unpaired) electrons. The first-order valence-corrected chi connectivity index (χ1v) is 7.80. The SMILES string of the molecule is Cc1[nH]nc2cc(-c3nn(C4CCCCO4)cc3[N+](=O)[O-])ncc12. The van der Waals surface area contributed by atoms with Gasteiger partial charge in [0.15, 0.2) is 5.69 Å². The number of aromatic nitrogens is 5. The molecule has 3 aromatic heterocycles. The third kappa shape index (κ3) is 2.42. The minimum absolute atomic E-state index is 0.0803. The first-order chi connectivity index (χ1) is 11.6. The van der Waals surface area contributed by atoms with E-state index in [1.54, 1.807) is 12.3 Å². The molecular weight excluding hydrogens is 312 g/mol. The molecule has 0 bridgehead atoms. The van der Waals surface area contributed by atoms with E-state index in [9.17, 15) is 10.1 Å². The molecule has 1 saturated heterocycles. The molecule has 4 rings (SSSR count). The van der Waals surface area contributed by atoms with Crippen molar-refractivity contribution in [2.24, 2.45) is 0 Å². The number of hydrogen-bond acceptors (Lipinski definition) is 6. The van der Waals surface area contributed by atoms with Gasteiger partial charge in [0, 0.05) is 23.9 Å². The summed E-state index contributed by atoms with van der Waals surface area (Å²) in [6, 6.07) is 1.71. The average Bonchev–Trinajstić information content (AvgIpc) is 3.20. The molecule has 9 nitrogen and oxygen atoms in total. The summed E-state index contributed by atoms with van der Waals surface area (Å²) >= 11 is 0. The molecule has 0 spiro atoms. The van der Waals surface area contributed by atoms with E-state index in [4.69, 9.17) is 4.74 Å². The van der Waals surface area contributed by atoms with Crippen LogP contribution in [0, 0.1) is 17.0 Å². The van der Waals surface area contributed by atoms with Crippen molar-refractivity contribution in [3.8, 4) is 11.4 Å². The average molecular weight is 328 g/mol. The molecule has 0 amide bonds. The van der Waals surface area contributed by atoms with Gasteiger partial charge in [0.05, 0.1) is 16.1 Å². The van der Waals surface area contributed by atoms with Gasteiger partial charge in [-0.25, -0.2) is 4.68 Å². The van der Waals surface area contributed by atoms with Crippen LogP contribution < -0.4 is 0 Å². The van der Waals surface area contributed by atoms with Crippen LogP contribution >= 0.6 is 0 Å². The second kappa shape index (κ2) is 5.68. The van der Waals surface area contributed by atoms with Crippen molar-refractivity contribution in [3.05, 3.63) is 34.3 Å². The highest BCUT2D eigenvalue weighted by atomic mass is 16.6. The number of aromatic amines is 1. The highest BCUT2D eigenvalue weighted by Crippen LogP contribution is 2.32. The maximum atomic E-state index is 11.4. The van der Waals surface area contributed by atoms with Gasteiger partial charge in [-0.1, -0.05) is 0 Å². The number of nitro groups is 1. The standard InChI is InChI=1S/C15H16N6O3/c1-9-10-7-16-12(6-11(10)18-17-9)15-13(21(22)23)8-20(19-15)14-4-2-3-5-24-14/h6-8,14H,2-5H2,1H3,(H,17,18). The van der Waals surface area contributed by atoms with Gasteiger partial charge in [0.25, 0.3) is 0 Å². The van der Waals surface area contributed by atoms with Crippen LogP contribution in [0.5, 0.6) is 0 Å². The lowest BCUT2D eigenvalue weighted by atomic mass is 10.2. The fourth-order valence-electron chi connectivity index (χ4n) is 2.94. The lowest BCUT2D eigenvalue weighted by Crippen LogP contribution is -2.18. The number of fused-ring (bicyclic) bond motifs is 1. The fourth-order valence-corrected chi connectivity index (χ4v) is 2.94. The van der Waals surface area contributed by atoms with Crippen molar-refractivity contribution in [2.45, 2.75) is 32.4 Å². The van der Waals surface area contributed by atoms with E-state index in [0.717, 1.165) is 30.3 Å². The molecule has 0 aliphatic carbocycles. The van der Waals surface area contributed by atoms with E-state index < -0.39 is 4.92 Å². The summed E-state index contributed by atoms with van der Waals surface area (Å²) in [6.07, 6.45) is 5.63. The Bertz CT molecular complexity index is 909. The molecule has 0 saturated carbocycles. The lowest BCUT2D eigenvalue weighted by molar-refractivity contribution is -0.384. The zero-order valence-corrected chi connectivity index (χ0v) is 13.1. The number of pyridine rings is 1.